The standard InChI is InChI=1S/C14H9ClFNO4/c15-10-4-1-7(5-11(10)16)13(19)17-8-2-3-9(14(20)21)12(18)6-8/h1-6,18H,(H,17,19)(H,20,21). The Balaban J connectivity index is 2.21. The van der Waals surface area contributed by atoms with Gasteiger partial charge in [-0.1, -0.05) is 11.6 Å². The summed E-state index contributed by atoms with van der Waals surface area (Å²) in [4.78, 5) is 22.6. The number of halogens is 2. The number of carboxylic acid groups (broad SMARTS) is 1. The van der Waals surface area contributed by atoms with Crippen molar-refractivity contribution in [3.8, 4) is 5.75 Å². The van der Waals surface area contributed by atoms with E-state index in [0.717, 1.165) is 18.2 Å². The van der Waals surface area contributed by atoms with Gasteiger partial charge < -0.3 is 15.5 Å². The molecule has 2 rings (SSSR count). The molecule has 0 bridgehead atoms. The van der Waals surface area contributed by atoms with Gasteiger partial charge in [0.15, 0.2) is 0 Å². The molecule has 3 N–H and O–H groups in total. The van der Waals surface area contributed by atoms with Gasteiger partial charge in [0.2, 0.25) is 0 Å². The third-order valence-corrected chi connectivity index (χ3v) is 2.97. The van der Waals surface area contributed by atoms with Crippen molar-refractivity contribution in [3.63, 3.8) is 0 Å². The van der Waals surface area contributed by atoms with Crippen LogP contribution in [0.5, 0.6) is 5.75 Å². The first-order valence-electron chi connectivity index (χ1n) is 5.71. The molecule has 0 heterocycles. The Kier molecular flexibility index (Phi) is 4.09. The van der Waals surface area contributed by atoms with Gasteiger partial charge >= 0.3 is 5.97 Å². The van der Waals surface area contributed by atoms with E-state index < -0.39 is 23.4 Å². The molecule has 21 heavy (non-hydrogen) atoms. The second-order valence-electron chi connectivity index (χ2n) is 4.12. The molecule has 0 aromatic heterocycles. The van der Waals surface area contributed by atoms with Gasteiger partial charge in [0.05, 0.1) is 5.02 Å². The van der Waals surface area contributed by atoms with Gasteiger partial charge in [-0.2, -0.15) is 0 Å². The fourth-order valence-electron chi connectivity index (χ4n) is 1.63. The highest BCUT2D eigenvalue weighted by molar-refractivity contribution is 6.30. The lowest BCUT2D eigenvalue weighted by molar-refractivity contribution is 0.0693. The van der Waals surface area contributed by atoms with Gasteiger partial charge in [-0.25, -0.2) is 9.18 Å². The summed E-state index contributed by atoms with van der Waals surface area (Å²) in [6.07, 6.45) is 0. The minimum atomic E-state index is -1.29. The van der Waals surface area contributed by atoms with Crippen molar-refractivity contribution in [2.75, 3.05) is 5.32 Å². The zero-order valence-electron chi connectivity index (χ0n) is 10.4. The van der Waals surface area contributed by atoms with E-state index in [1.54, 1.807) is 0 Å². The Morgan fingerprint density at radius 3 is 2.43 bits per heavy atom. The van der Waals surface area contributed by atoms with Crippen LogP contribution < -0.4 is 5.32 Å². The van der Waals surface area contributed by atoms with Crippen LogP contribution in [0.3, 0.4) is 0 Å². The zero-order chi connectivity index (χ0) is 15.6. The molecule has 0 aliphatic rings. The number of nitrogens with one attached hydrogen (secondary N) is 1. The molecule has 0 aliphatic heterocycles. The maximum absolute atomic E-state index is 13.3. The van der Waals surface area contributed by atoms with Crippen molar-refractivity contribution in [1.29, 1.82) is 0 Å². The third kappa shape index (κ3) is 3.29. The molecule has 1 amide bonds. The van der Waals surface area contributed by atoms with Crippen molar-refractivity contribution in [3.05, 3.63) is 58.4 Å². The molecule has 0 atom stereocenters. The van der Waals surface area contributed by atoms with Gasteiger partial charge in [-0.05, 0) is 30.3 Å². The molecule has 5 nitrogen and oxygen atoms in total. The molecule has 2 aromatic carbocycles. The largest absolute Gasteiger partial charge is 0.507 e. The normalized spacial score (nSPS) is 10.2. The number of aromatic carboxylic acids is 1. The van der Waals surface area contributed by atoms with Crippen LogP contribution in [-0.2, 0) is 0 Å². The fraction of sp³-hybridized carbons (Fsp3) is 0. The van der Waals surface area contributed by atoms with E-state index in [4.69, 9.17) is 16.7 Å². The Morgan fingerprint density at radius 1 is 1.14 bits per heavy atom. The van der Waals surface area contributed by atoms with Crippen LogP contribution in [0.25, 0.3) is 0 Å². The number of rotatable bonds is 3. The van der Waals surface area contributed by atoms with Crippen LogP contribution in [0.4, 0.5) is 10.1 Å². The molecule has 0 spiro atoms. The zero-order valence-corrected chi connectivity index (χ0v) is 11.2. The van der Waals surface area contributed by atoms with Crippen molar-refractivity contribution < 1.29 is 24.2 Å². The van der Waals surface area contributed by atoms with E-state index in [0.29, 0.717) is 0 Å². The summed E-state index contributed by atoms with van der Waals surface area (Å²) in [5.41, 5.74) is -0.0675. The average Bonchev–Trinajstić information content (AvgIpc) is 2.41. The first kappa shape index (κ1) is 14.8. The van der Waals surface area contributed by atoms with E-state index in [1.807, 2.05) is 0 Å². The van der Waals surface area contributed by atoms with E-state index in [-0.39, 0.29) is 21.8 Å². The van der Waals surface area contributed by atoms with E-state index in [9.17, 15) is 19.1 Å². The minimum absolute atomic E-state index is 0.0405. The number of benzene rings is 2. The summed E-state index contributed by atoms with van der Waals surface area (Å²) in [7, 11) is 0. The molecule has 0 radical (unpaired) electrons. The number of carbonyl (C=O) groups excluding carboxylic acids is 1. The average molecular weight is 310 g/mol. The van der Waals surface area contributed by atoms with Crippen LogP contribution in [-0.4, -0.2) is 22.1 Å². The molecular formula is C14H9ClFNO4. The van der Waals surface area contributed by atoms with Gasteiger partial charge in [0, 0.05) is 17.3 Å². The van der Waals surface area contributed by atoms with Crippen LogP contribution in [0.2, 0.25) is 5.02 Å². The third-order valence-electron chi connectivity index (χ3n) is 2.67. The fourth-order valence-corrected chi connectivity index (χ4v) is 1.75. The molecule has 7 heteroatoms. The molecule has 2 aromatic rings. The van der Waals surface area contributed by atoms with Crippen molar-refractivity contribution >= 4 is 29.2 Å². The highest BCUT2D eigenvalue weighted by Gasteiger charge is 2.13. The van der Waals surface area contributed by atoms with Gasteiger partial charge in [-0.15, -0.1) is 0 Å². The highest BCUT2D eigenvalue weighted by atomic mass is 35.5. The SMILES string of the molecule is O=C(Nc1ccc(C(=O)O)c(O)c1)c1ccc(Cl)c(F)c1. The monoisotopic (exact) mass is 309 g/mol. The number of anilines is 1. The quantitative estimate of drug-likeness (QED) is 0.813. The molecule has 0 saturated heterocycles. The Morgan fingerprint density at radius 2 is 1.86 bits per heavy atom. The summed E-state index contributed by atoms with van der Waals surface area (Å²) in [6.45, 7) is 0. The lowest BCUT2D eigenvalue weighted by Crippen LogP contribution is -2.12. The first-order valence-corrected chi connectivity index (χ1v) is 6.09. The molecule has 0 aliphatic carbocycles. The minimum Gasteiger partial charge on any atom is -0.507 e. The molecule has 108 valence electrons. The summed E-state index contributed by atoms with van der Waals surface area (Å²) in [5, 5.41) is 20.6. The second-order valence-corrected chi connectivity index (χ2v) is 4.53. The van der Waals surface area contributed by atoms with Gasteiger partial charge in [0.25, 0.3) is 5.91 Å². The Hall–Kier alpha value is -2.60. The van der Waals surface area contributed by atoms with Crippen molar-refractivity contribution in [1.82, 2.24) is 0 Å². The van der Waals surface area contributed by atoms with Gasteiger partial charge in [-0.3, -0.25) is 4.79 Å². The lowest BCUT2D eigenvalue weighted by Gasteiger charge is -2.07. The molecule has 0 fully saturated rings. The first-order chi connectivity index (χ1) is 9.88. The van der Waals surface area contributed by atoms with E-state index >= 15 is 0 Å². The van der Waals surface area contributed by atoms with E-state index in [2.05, 4.69) is 5.32 Å². The number of carbonyl (C=O) groups is 2. The van der Waals surface area contributed by atoms with Crippen LogP contribution >= 0.6 is 11.6 Å². The Labute approximate surface area is 123 Å². The summed E-state index contributed by atoms with van der Waals surface area (Å²) < 4.78 is 13.3. The summed E-state index contributed by atoms with van der Waals surface area (Å²) in [5.74, 6) is -3.12. The number of carboxylic acids is 1. The van der Waals surface area contributed by atoms with Crippen LogP contribution in [0.15, 0.2) is 36.4 Å². The maximum Gasteiger partial charge on any atom is 0.339 e. The number of hydrogen-bond donors (Lipinski definition) is 3. The number of phenols is 1. The molecule has 0 unspecified atom stereocenters. The summed E-state index contributed by atoms with van der Waals surface area (Å²) >= 11 is 5.52. The van der Waals surface area contributed by atoms with Crippen LogP contribution in [0, 0.1) is 5.82 Å². The highest BCUT2D eigenvalue weighted by Crippen LogP contribution is 2.23. The predicted molar refractivity (Wildman–Crippen MR) is 74.4 cm³/mol. The topological polar surface area (TPSA) is 86.6 Å². The van der Waals surface area contributed by atoms with Crippen LogP contribution in [0.1, 0.15) is 20.7 Å². The van der Waals surface area contributed by atoms with E-state index in [1.165, 1.54) is 18.2 Å². The summed E-state index contributed by atoms with van der Waals surface area (Å²) in [6, 6.07) is 7.11. The number of amides is 1. The van der Waals surface area contributed by atoms with Crippen molar-refractivity contribution in [2.24, 2.45) is 0 Å². The second kappa shape index (κ2) is 5.80. The molecule has 0 saturated carbocycles. The lowest BCUT2D eigenvalue weighted by atomic mass is 10.1. The van der Waals surface area contributed by atoms with Crippen molar-refractivity contribution in [2.45, 2.75) is 0 Å². The van der Waals surface area contributed by atoms with Gasteiger partial charge in [0.1, 0.15) is 17.1 Å². The Bertz CT molecular complexity index is 733. The number of aromatic hydroxyl groups is 1. The predicted octanol–water partition coefficient (Wildman–Crippen LogP) is 3.14. The molecular weight excluding hydrogens is 301 g/mol. The maximum atomic E-state index is 13.3. The smallest absolute Gasteiger partial charge is 0.339 e. The number of hydrogen-bond acceptors (Lipinski definition) is 3.